The minimum Gasteiger partial charge on any atom is -0.305 e. The minimum atomic E-state index is 0.547. The molecule has 0 bridgehead atoms. The van der Waals surface area contributed by atoms with Crippen molar-refractivity contribution >= 4 is 0 Å². The van der Waals surface area contributed by atoms with Crippen LogP contribution in [0, 0.1) is 0 Å². The third-order valence-corrected chi connectivity index (χ3v) is 4.61. The van der Waals surface area contributed by atoms with Crippen molar-refractivity contribution in [2.45, 2.75) is 38.4 Å². The van der Waals surface area contributed by atoms with Crippen LogP contribution in [0.25, 0.3) is 0 Å². The number of pyridine rings is 1. The van der Waals surface area contributed by atoms with Crippen LogP contribution in [-0.2, 0) is 13.1 Å². The van der Waals surface area contributed by atoms with E-state index in [0.717, 1.165) is 13.1 Å². The van der Waals surface area contributed by atoms with Gasteiger partial charge in [0.25, 0.3) is 0 Å². The molecule has 1 saturated heterocycles. The number of aromatic nitrogens is 1. The normalized spacial score (nSPS) is 19.2. The molecule has 0 radical (unpaired) electrons. The average Bonchev–Trinajstić information content (AvgIpc) is 2.57. The zero-order chi connectivity index (χ0) is 16.1. The summed E-state index contributed by atoms with van der Waals surface area (Å²) in [7, 11) is 4.23. The first-order valence-electron chi connectivity index (χ1n) is 8.59. The summed E-state index contributed by atoms with van der Waals surface area (Å²) in [6.07, 6.45) is 7.68. The van der Waals surface area contributed by atoms with Gasteiger partial charge in [0.15, 0.2) is 0 Å². The molecule has 0 aliphatic carbocycles. The lowest BCUT2D eigenvalue weighted by Gasteiger charge is -2.36. The molecule has 1 atom stereocenters. The zero-order valence-electron chi connectivity index (χ0n) is 14.3. The SMILES string of the molecule is CN(C)Cc1ccc(C2CCCCN2Cc2ccncc2)cc1. The van der Waals surface area contributed by atoms with Crippen molar-refractivity contribution in [1.82, 2.24) is 14.8 Å². The van der Waals surface area contributed by atoms with Crippen molar-refractivity contribution < 1.29 is 0 Å². The quantitative estimate of drug-likeness (QED) is 0.836. The Balaban J connectivity index is 1.73. The van der Waals surface area contributed by atoms with Crippen LogP contribution in [0.2, 0.25) is 0 Å². The molecule has 1 aliphatic heterocycles. The summed E-state index contributed by atoms with van der Waals surface area (Å²) in [4.78, 5) is 8.96. The first kappa shape index (κ1) is 16.2. The number of hydrogen-bond donors (Lipinski definition) is 0. The molecule has 0 spiro atoms. The lowest BCUT2D eigenvalue weighted by atomic mass is 9.94. The Labute approximate surface area is 140 Å². The van der Waals surface area contributed by atoms with Gasteiger partial charge in [0, 0.05) is 31.5 Å². The van der Waals surface area contributed by atoms with E-state index in [1.165, 1.54) is 42.5 Å². The molecule has 122 valence electrons. The summed E-state index contributed by atoms with van der Waals surface area (Å²) >= 11 is 0. The Hall–Kier alpha value is -1.71. The van der Waals surface area contributed by atoms with Crippen LogP contribution in [0.1, 0.15) is 42.0 Å². The van der Waals surface area contributed by atoms with E-state index in [2.05, 4.69) is 65.3 Å². The number of rotatable bonds is 5. The number of benzene rings is 1. The number of nitrogens with zero attached hydrogens (tertiary/aromatic N) is 3. The van der Waals surface area contributed by atoms with E-state index in [-0.39, 0.29) is 0 Å². The van der Waals surface area contributed by atoms with Crippen LogP contribution >= 0.6 is 0 Å². The van der Waals surface area contributed by atoms with E-state index in [1.54, 1.807) is 0 Å². The zero-order valence-corrected chi connectivity index (χ0v) is 14.3. The molecule has 0 N–H and O–H groups in total. The second kappa shape index (κ2) is 7.71. The molecule has 0 saturated carbocycles. The summed E-state index contributed by atoms with van der Waals surface area (Å²) < 4.78 is 0. The summed E-state index contributed by atoms with van der Waals surface area (Å²) in [5, 5.41) is 0. The molecule has 3 rings (SSSR count). The predicted octanol–water partition coefficient (Wildman–Crippen LogP) is 3.87. The summed E-state index contributed by atoms with van der Waals surface area (Å²) in [5.41, 5.74) is 4.20. The topological polar surface area (TPSA) is 19.4 Å². The number of piperidine rings is 1. The maximum atomic E-state index is 4.13. The molecule has 1 unspecified atom stereocenters. The summed E-state index contributed by atoms with van der Waals surface area (Å²) in [5.74, 6) is 0. The second-order valence-corrected chi connectivity index (χ2v) is 6.82. The highest BCUT2D eigenvalue weighted by Gasteiger charge is 2.23. The standard InChI is InChI=1S/C20H27N3/c1-22(2)15-17-6-8-19(9-7-17)20-5-3-4-14-23(20)16-18-10-12-21-13-11-18/h6-13,20H,3-5,14-16H2,1-2H3. The third-order valence-electron chi connectivity index (χ3n) is 4.61. The van der Waals surface area contributed by atoms with Gasteiger partial charge in [0.05, 0.1) is 0 Å². The smallest absolute Gasteiger partial charge is 0.0351 e. The van der Waals surface area contributed by atoms with Crippen molar-refractivity contribution in [2.75, 3.05) is 20.6 Å². The Morgan fingerprint density at radius 2 is 1.74 bits per heavy atom. The lowest BCUT2D eigenvalue weighted by Crippen LogP contribution is -2.32. The van der Waals surface area contributed by atoms with Crippen LogP contribution in [0.4, 0.5) is 0 Å². The highest BCUT2D eigenvalue weighted by atomic mass is 15.2. The lowest BCUT2D eigenvalue weighted by molar-refractivity contribution is 0.140. The Morgan fingerprint density at radius 1 is 1.00 bits per heavy atom. The average molecular weight is 309 g/mol. The monoisotopic (exact) mass is 309 g/mol. The number of likely N-dealkylation sites (tertiary alicyclic amines) is 1. The molecule has 1 fully saturated rings. The molecule has 3 heteroatoms. The van der Waals surface area contributed by atoms with E-state index in [0.29, 0.717) is 6.04 Å². The van der Waals surface area contributed by atoms with Gasteiger partial charge in [-0.1, -0.05) is 30.7 Å². The molecule has 0 amide bonds. The van der Waals surface area contributed by atoms with Gasteiger partial charge in [-0.05, 0) is 62.3 Å². The van der Waals surface area contributed by atoms with Gasteiger partial charge in [-0.2, -0.15) is 0 Å². The van der Waals surface area contributed by atoms with Gasteiger partial charge in [0.2, 0.25) is 0 Å². The van der Waals surface area contributed by atoms with Crippen molar-refractivity contribution in [2.24, 2.45) is 0 Å². The van der Waals surface area contributed by atoms with E-state index in [4.69, 9.17) is 0 Å². The molecule has 23 heavy (non-hydrogen) atoms. The Morgan fingerprint density at radius 3 is 2.43 bits per heavy atom. The van der Waals surface area contributed by atoms with E-state index >= 15 is 0 Å². The van der Waals surface area contributed by atoms with Crippen LogP contribution in [0.3, 0.4) is 0 Å². The van der Waals surface area contributed by atoms with Crippen molar-refractivity contribution in [3.8, 4) is 0 Å². The first-order chi connectivity index (χ1) is 11.2. The Kier molecular flexibility index (Phi) is 5.42. The molecular weight excluding hydrogens is 282 g/mol. The van der Waals surface area contributed by atoms with Gasteiger partial charge < -0.3 is 4.90 Å². The van der Waals surface area contributed by atoms with Gasteiger partial charge in [-0.15, -0.1) is 0 Å². The third kappa shape index (κ3) is 4.40. The van der Waals surface area contributed by atoms with E-state index in [1.807, 2.05) is 12.4 Å². The summed E-state index contributed by atoms with van der Waals surface area (Å²) in [6.45, 7) is 3.21. The van der Waals surface area contributed by atoms with Crippen LogP contribution in [-0.4, -0.2) is 35.4 Å². The van der Waals surface area contributed by atoms with Gasteiger partial charge in [-0.25, -0.2) is 0 Å². The molecular formula is C20H27N3. The highest BCUT2D eigenvalue weighted by molar-refractivity contribution is 5.26. The molecule has 2 aromatic rings. The van der Waals surface area contributed by atoms with Crippen molar-refractivity contribution in [3.05, 3.63) is 65.5 Å². The van der Waals surface area contributed by atoms with E-state index in [9.17, 15) is 0 Å². The Bertz CT molecular complexity index is 592. The molecule has 1 aromatic heterocycles. The largest absolute Gasteiger partial charge is 0.305 e. The van der Waals surface area contributed by atoms with Crippen LogP contribution in [0.15, 0.2) is 48.8 Å². The van der Waals surface area contributed by atoms with Crippen molar-refractivity contribution in [3.63, 3.8) is 0 Å². The minimum absolute atomic E-state index is 0.547. The molecule has 2 heterocycles. The predicted molar refractivity (Wildman–Crippen MR) is 95.1 cm³/mol. The fourth-order valence-corrected chi connectivity index (χ4v) is 3.49. The molecule has 1 aliphatic rings. The van der Waals surface area contributed by atoms with E-state index < -0.39 is 0 Å². The molecule has 3 nitrogen and oxygen atoms in total. The van der Waals surface area contributed by atoms with Gasteiger partial charge >= 0.3 is 0 Å². The highest BCUT2D eigenvalue weighted by Crippen LogP contribution is 2.32. The maximum Gasteiger partial charge on any atom is 0.0351 e. The van der Waals surface area contributed by atoms with Gasteiger partial charge in [0.1, 0.15) is 0 Å². The van der Waals surface area contributed by atoms with Gasteiger partial charge in [-0.3, -0.25) is 9.88 Å². The summed E-state index contributed by atoms with van der Waals surface area (Å²) in [6, 6.07) is 14.0. The fraction of sp³-hybridized carbons (Fsp3) is 0.450. The van der Waals surface area contributed by atoms with Crippen molar-refractivity contribution in [1.29, 1.82) is 0 Å². The fourth-order valence-electron chi connectivity index (χ4n) is 3.49. The first-order valence-corrected chi connectivity index (χ1v) is 8.59. The number of hydrogen-bond acceptors (Lipinski definition) is 3. The molecule has 1 aromatic carbocycles. The van der Waals surface area contributed by atoms with Crippen LogP contribution in [0.5, 0.6) is 0 Å². The second-order valence-electron chi connectivity index (χ2n) is 6.82. The maximum absolute atomic E-state index is 4.13. The van der Waals surface area contributed by atoms with Crippen LogP contribution < -0.4 is 0 Å².